The minimum Gasteiger partial charge on any atom is -0.396 e. The van der Waals surface area contributed by atoms with Crippen molar-refractivity contribution in [3.63, 3.8) is 0 Å². The molecule has 6 heteroatoms. The van der Waals surface area contributed by atoms with E-state index in [0.717, 1.165) is 0 Å². The summed E-state index contributed by atoms with van der Waals surface area (Å²) in [6.45, 7) is 4.26. The molecule has 0 saturated heterocycles. The summed E-state index contributed by atoms with van der Waals surface area (Å²) >= 11 is 0. The number of rotatable bonds is 6. The van der Waals surface area contributed by atoms with Crippen LogP contribution in [0.25, 0.3) is 0 Å². The number of hydrogen-bond donors (Lipinski definition) is 2. The van der Waals surface area contributed by atoms with E-state index in [2.05, 4.69) is 15.4 Å². The third kappa shape index (κ3) is 3.98. The van der Waals surface area contributed by atoms with Crippen molar-refractivity contribution in [3.05, 3.63) is 12.7 Å². The van der Waals surface area contributed by atoms with Gasteiger partial charge in [0.1, 0.15) is 19.2 Å². The highest BCUT2D eigenvalue weighted by molar-refractivity contribution is 5.75. The van der Waals surface area contributed by atoms with E-state index in [0.29, 0.717) is 12.3 Å². The molecule has 6 nitrogen and oxygen atoms in total. The lowest BCUT2D eigenvalue weighted by Crippen LogP contribution is -2.40. The van der Waals surface area contributed by atoms with Crippen LogP contribution < -0.4 is 5.32 Å². The standard InChI is InChI=1S/C10H18N4O2/c1-8(2)9(3-4-15)13-10(16)5-14-7-11-6-12-14/h6-9,15H,3-5H2,1-2H3,(H,13,16). The molecular formula is C10H18N4O2. The van der Waals surface area contributed by atoms with Crippen molar-refractivity contribution in [2.24, 2.45) is 5.92 Å². The van der Waals surface area contributed by atoms with Gasteiger partial charge in [0.15, 0.2) is 0 Å². The topological polar surface area (TPSA) is 80.0 Å². The number of carbonyl (C=O) groups is 1. The molecule has 2 N–H and O–H groups in total. The highest BCUT2D eigenvalue weighted by Gasteiger charge is 2.15. The number of aliphatic hydroxyl groups is 1. The first kappa shape index (κ1) is 12.6. The molecule has 0 aliphatic heterocycles. The molecule has 1 atom stereocenters. The summed E-state index contributed by atoms with van der Waals surface area (Å²) in [6.07, 6.45) is 3.46. The molecule has 16 heavy (non-hydrogen) atoms. The molecule has 0 aromatic carbocycles. The number of amides is 1. The first-order chi connectivity index (χ1) is 7.63. The Kier molecular flexibility index (Phi) is 4.91. The van der Waals surface area contributed by atoms with E-state index >= 15 is 0 Å². The second-order valence-electron chi connectivity index (χ2n) is 4.02. The van der Waals surface area contributed by atoms with Crippen molar-refractivity contribution in [3.8, 4) is 0 Å². The van der Waals surface area contributed by atoms with Crippen molar-refractivity contribution in [1.82, 2.24) is 20.1 Å². The van der Waals surface area contributed by atoms with Gasteiger partial charge in [-0.05, 0) is 12.3 Å². The van der Waals surface area contributed by atoms with Gasteiger partial charge in [0, 0.05) is 12.6 Å². The van der Waals surface area contributed by atoms with Crippen LogP contribution in [0.3, 0.4) is 0 Å². The van der Waals surface area contributed by atoms with Gasteiger partial charge in [-0.15, -0.1) is 0 Å². The number of aromatic nitrogens is 3. The van der Waals surface area contributed by atoms with E-state index in [1.54, 1.807) is 0 Å². The molecule has 0 radical (unpaired) electrons. The lowest BCUT2D eigenvalue weighted by Gasteiger charge is -2.21. The lowest BCUT2D eigenvalue weighted by atomic mass is 10.0. The first-order valence-corrected chi connectivity index (χ1v) is 5.36. The molecule has 1 heterocycles. The Morgan fingerprint density at radius 2 is 2.31 bits per heavy atom. The van der Waals surface area contributed by atoms with Gasteiger partial charge < -0.3 is 10.4 Å². The minimum atomic E-state index is -0.113. The molecule has 0 aliphatic rings. The van der Waals surface area contributed by atoms with Gasteiger partial charge in [-0.2, -0.15) is 5.10 Å². The van der Waals surface area contributed by atoms with Crippen LogP contribution >= 0.6 is 0 Å². The Balaban J connectivity index is 2.42. The average molecular weight is 226 g/mol. The van der Waals surface area contributed by atoms with Gasteiger partial charge in [-0.1, -0.05) is 13.8 Å². The first-order valence-electron chi connectivity index (χ1n) is 5.36. The highest BCUT2D eigenvalue weighted by atomic mass is 16.3. The lowest BCUT2D eigenvalue weighted by molar-refractivity contribution is -0.123. The largest absolute Gasteiger partial charge is 0.396 e. The third-order valence-electron chi connectivity index (χ3n) is 2.36. The average Bonchev–Trinajstić information content (AvgIpc) is 2.69. The normalized spacial score (nSPS) is 12.8. The zero-order valence-electron chi connectivity index (χ0n) is 9.63. The van der Waals surface area contributed by atoms with E-state index in [9.17, 15) is 4.79 Å². The fraction of sp³-hybridized carbons (Fsp3) is 0.700. The van der Waals surface area contributed by atoms with Gasteiger partial charge >= 0.3 is 0 Å². The molecule has 0 saturated carbocycles. The smallest absolute Gasteiger partial charge is 0.242 e. The molecule has 0 aliphatic carbocycles. The molecule has 1 aromatic heterocycles. The van der Waals surface area contributed by atoms with E-state index in [1.807, 2.05) is 13.8 Å². The van der Waals surface area contributed by atoms with E-state index in [-0.39, 0.29) is 25.1 Å². The Morgan fingerprint density at radius 3 is 2.81 bits per heavy atom. The van der Waals surface area contributed by atoms with Gasteiger partial charge in [-0.3, -0.25) is 4.79 Å². The van der Waals surface area contributed by atoms with Gasteiger partial charge in [0.25, 0.3) is 0 Å². The number of nitrogens with zero attached hydrogens (tertiary/aromatic N) is 3. The van der Waals surface area contributed by atoms with Crippen LogP contribution in [0.15, 0.2) is 12.7 Å². The monoisotopic (exact) mass is 226 g/mol. The molecule has 0 spiro atoms. The van der Waals surface area contributed by atoms with Crippen LogP contribution in [0, 0.1) is 5.92 Å². The summed E-state index contributed by atoms with van der Waals surface area (Å²) < 4.78 is 1.46. The predicted octanol–water partition coefficient (Wildman–Crippen LogP) is -0.199. The fourth-order valence-electron chi connectivity index (χ4n) is 1.43. The van der Waals surface area contributed by atoms with Crippen molar-refractivity contribution in [2.45, 2.75) is 32.9 Å². The summed E-state index contributed by atoms with van der Waals surface area (Å²) in [6, 6.07) is 0.000946. The van der Waals surface area contributed by atoms with Crippen LogP contribution in [-0.4, -0.2) is 38.4 Å². The SMILES string of the molecule is CC(C)C(CCO)NC(=O)Cn1cncn1. The molecular weight excluding hydrogens is 208 g/mol. The Morgan fingerprint density at radius 1 is 1.56 bits per heavy atom. The van der Waals surface area contributed by atoms with Gasteiger partial charge in [0.2, 0.25) is 5.91 Å². The zero-order valence-corrected chi connectivity index (χ0v) is 9.63. The summed E-state index contributed by atoms with van der Waals surface area (Å²) in [7, 11) is 0. The zero-order chi connectivity index (χ0) is 12.0. The van der Waals surface area contributed by atoms with E-state index < -0.39 is 0 Å². The predicted molar refractivity (Wildman–Crippen MR) is 58.5 cm³/mol. The molecule has 0 fully saturated rings. The summed E-state index contributed by atoms with van der Waals surface area (Å²) in [5.41, 5.74) is 0. The Bertz CT molecular complexity index is 311. The molecule has 1 rings (SSSR count). The second kappa shape index (κ2) is 6.22. The third-order valence-corrected chi connectivity index (χ3v) is 2.36. The van der Waals surface area contributed by atoms with Crippen LogP contribution in [0.2, 0.25) is 0 Å². The van der Waals surface area contributed by atoms with E-state index in [1.165, 1.54) is 17.3 Å². The molecule has 90 valence electrons. The van der Waals surface area contributed by atoms with Crippen LogP contribution in [0.5, 0.6) is 0 Å². The minimum absolute atomic E-state index is 0.000946. The molecule has 0 bridgehead atoms. The molecule has 1 unspecified atom stereocenters. The van der Waals surface area contributed by atoms with Gasteiger partial charge in [0.05, 0.1) is 0 Å². The maximum Gasteiger partial charge on any atom is 0.242 e. The highest BCUT2D eigenvalue weighted by Crippen LogP contribution is 2.05. The van der Waals surface area contributed by atoms with Crippen LogP contribution in [0.1, 0.15) is 20.3 Å². The van der Waals surface area contributed by atoms with Crippen molar-refractivity contribution in [2.75, 3.05) is 6.61 Å². The maximum atomic E-state index is 11.6. The Labute approximate surface area is 94.7 Å². The maximum absolute atomic E-state index is 11.6. The molecule has 1 amide bonds. The number of hydrogen-bond acceptors (Lipinski definition) is 4. The quantitative estimate of drug-likeness (QED) is 0.704. The van der Waals surface area contributed by atoms with Crippen molar-refractivity contribution >= 4 is 5.91 Å². The van der Waals surface area contributed by atoms with E-state index in [4.69, 9.17) is 5.11 Å². The fourth-order valence-corrected chi connectivity index (χ4v) is 1.43. The second-order valence-corrected chi connectivity index (χ2v) is 4.02. The van der Waals surface area contributed by atoms with Crippen LogP contribution in [0.4, 0.5) is 0 Å². The van der Waals surface area contributed by atoms with Crippen molar-refractivity contribution < 1.29 is 9.90 Å². The summed E-state index contributed by atoms with van der Waals surface area (Å²) in [5, 5.41) is 15.6. The Hall–Kier alpha value is -1.43. The number of carbonyl (C=O) groups excluding carboxylic acids is 1. The molecule has 1 aromatic rings. The van der Waals surface area contributed by atoms with Crippen LogP contribution in [-0.2, 0) is 11.3 Å². The summed E-state index contributed by atoms with van der Waals surface area (Å²) in [5.74, 6) is 0.185. The van der Waals surface area contributed by atoms with Crippen molar-refractivity contribution in [1.29, 1.82) is 0 Å². The van der Waals surface area contributed by atoms with Gasteiger partial charge in [-0.25, -0.2) is 9.67 Å². The number of aliphatic hydroxyl groups excluding tert-OH is 1. The number of nitrogens with one attached hydrogen (secondary N) is 1. The summed E-state index contributed by atoms with van der Waals surface area (Å²) in [4.78, 5) is 15.4.